The summed E-state index contributed by atoms with van der Waals surface area (Å²) in [5.74, 6) is 1.16. The van der Waals surface area contributed by atoms with Gasteiger partial charge in [-0.15, -0.1) is 6.58 Å². The Morgan fingerprint density at radius 3 is 2.68 bits per heavy atom. The minimum atomic E-state index is -3.66. The summed E-state index contributed by atoms with van der Waals surface area (Å²) in [4.78, 5) is 2.58. The highest BCUT2D eigenvalue weighted by Gasteiger charge is 2.39. The molecule has 3 saturated heterocycles. The topological polar surface area (TPSA) is 46.6 Å². The van der Waals surface area contributed by atoms with E-state index in [1.807, 2.05) is 13.0 Å². The van der Waals surface area contributed by atoms with Gasteiger partial charge in [-0.25, -0.2) is 0 Å². The van der Waals surface area contributed by atoms with Crippen LogP contribution in [0.1, 0.15) is 18.4 Å². The summed E-state index contributed by atoms with van der Waals surface area (Å²) < 4.78 is 29.8. The van der Waals surface area contributed by atoms with Crippen LogP contribution in [0.2, 0.25) is 0 Å². The van der Waals surface area contributed by atoms with E-state index in [9.17, 15) is 8.42 Å². The van der Waals surface area contributed by atoms with E-state index in [2.05, 4.69) is 11.5 Å². The van der Waals surface area contributed by atoms with Crippen molar-refractivity contribution >= 4 is 10.1 Å². The summed E-state index contributed by atoms with van der Waals surface area (Å²) in [7, 11) is -3.66. The molecule has 0 amide bonds. The van der Waals surface area contributed by atoms with Gasteiger partial charge in [0.05, 0.1) is 11.5 Å². The van der Waals surface area contributed by atoms with Crippen LogP contribution < -0.4 is 0 Å². The number of piperidine rings is 3. The van der Waals surface area contributed by atoms with Crippen LogP contribution in [0.25, 0.3) is 0 Å². The second-order valence-corrected chi connectivity index (χ2v) is 8.00. The SMILES string of the molecule is C=C[C@H]1CN2CC[C@H]1C[C@H]2COS(=O)(=O)c1ccc(C)cc1. The fourth-order valence-corrected chi connectivity index (χ4v) is 4.50. The second kappa shape index (κ2) is 6.14. The van der Waals surface area contributed by atoms with Gasteiger partial charge in [-0.1, -0.05) is 23.8 Å². The molecular formula is C17H23NO3S. The summed E-state index contributed by atoms with van der Waals surface area (Å²) in [5, 5.41) is 0. The molecule has 4 nitrogen and oxygen atoms in total. The summed E-state index contributed by atoms with van der Waals surface area (Å²) in [6, 6.07) is 6.99. The predicted octanol–water partition coefficient (Wildman–Crippen LogP) is 2.60. The Morgan fingerprint density at radius 2 is 2.09 bits per heavy atom. The molecule has 1 unspecified atom stereocenters. The molecule has 120 valence electrons. The number of fused-ring (bicyclic) bond motifs is 3. The molecule has 1 aromatic carbocycles. The summed E-state index contributed by atoms with van der Waals surface area (Å²) in [6.07, 6.45) is 4.22. The fourth-order valence-electron chi connectivity index (χ4n) is 3.56. The van der Waals surface area contributed by atoms with Gasteiger partial charge < -0.3 is 0 Å². The molecule has 0 N–H and O–H groups in total. The van der Waals surface area contributed by atoms with Gasteiger partial charge in [0.15, 0.2) is 0 Å². The summed E-state index contributed by atoms with van der Waals surface area (Å²) in [5.41, 5.74) is 1.03. The van der Waals surface area contributed by atoms with Gasteiger partial charge in [-0.3, -0.25) is 9.08 Å². The van der Waals surface area contributed by atoms with Crippen LogP contribution in [-0.2, 0) is 14.3 Å². The molecule has 3 aliphatic heterocycles. The largest absolute Gasteiger partial charge is 0.297 e. The van der Waals surface area contributed by atoms with Crippen LogP contribution in [0.15, 0.2) is 41.8 Å². The van der Waals surface area contributed by atoms with Crippen molar-refractivity contribution in [2.24, 2.45) is 11.8 Å². The van der Waals surface area contributed by atoms with Gasteiger partial charge >= 0.3 is 0 Å². The zero-order chi connectivity index (χ0) is 15.7. The lowest BCUT2D eigenvalue weighted by Gasteiger charge is -2.48. The van der Waals surface area contributed by atoms with Crippen molar-refractivity contribution in [3.8, 4) is 0 Å². The van der Waals surface area contributed by atoms with Crippen molar-refractivity contribution in [1.29, 1.82) is 0 Å². The first-order chi connectivity index (χ1) is 10.5. The lowest BCUT2D eigenvalue weighted by atomic mass is 9.76. The molecule has 0 spiro atoms. The van der Waals surface area contributed by atoms with Crippen LogP contribution in [0.3, 0.4) is 0 Å². The summed E-state index contributed by atoms with van der Waals surface area (Å²) in [6.45, 7) is 8.10. The average Bonchev–Trinajstić information content (AvgIpc) is 2.54. The Labute approximate surface area is 132 Å². The first kappa shape index (κ1) is 15.7. The molecular weight excluding hydrogens is 298 g/mol. The van der Waals surface area contributed by atoms with Gasteiger partial charge in [0.25, 0.3) is 10.1 Å². The van der Waals surface area contributed by atoms with Crippen molar-refractivity contribution in [2.75, 3.05) is 19.7 Å². The van der Waals surface area contributed by atoms with E-state index in [0.717, 1.165) is 25.1 Å². The van der Waals surface area contributed by atoms with Crippen molar-refractivity contribution in [1.82, 2.24) is 4.90 Å². The van der Waals surface area contributed by atoms with E-state index in [0.29, 0.717) is 11.8 Å². The lowest BCUT2D eigenvalue weighted by Crippen LogP contribution is -2.54. The lowest BCUT2D eigenvalue weighted by molar-refractivity contribution is -0.000392. The smallest absolute Gasteiger partial charge is 0.297 e. The molecule has 4 rings (SSSR count). The molecule has 4 atom stereocenters. The average molecular weight is 321 g/mol. The zero-order valence-electron chi connectivity index (χ0n) is 12.9. The maximum absolute atomic E-state index is 12.3. The number of nitrogens with zero attached hydrogens (tertiary/aromatic N) is 1. The molecule has 3 heterocycles. The highest BCUT2D eigenvalue weighted by molar-refractivity contribution is 7.86. The molecule has 5 heteroatoms. The van der Waals surface area contributed by atoms with Crippen LogP contribution in [0.5, 0.6) is 0 Å². The van der Waals surface area contributed by atoms with E-state index in [1.165, 1.54) is 6.42 Å². The van der Waals surface area contributed by atoms with Gasteiger partial charge in [0.1, 0.15) is 0 Å². The maximum atomic E-state index is 12.3. The van der Waals surface area contributed by atoms with E-state index in [-0.39, 0.29) is 17.5 Å². The van der Waals surface area contributed by atoms with Gasteiger partial charge in [0.2, 0.25) is 0 Å². The standard InChI is InChI=1S/C17H23NO3S/c1-3-14-11-18-9-8-15(14)10-16(18)12-21-22(19,20)17-6-4-13(2)5-7-17/h3-7,14-16H,1,8-12H2,2H3/t14-,15-,16-/m0/s1. The molecule has 3 fully saturated rings. The first-order valence-corrected chi connectivity index (χ1v) is 9.23. The number of benzene rings is 1. The van der Waals surface area contributed by atoms with E-state index in [4.69, 9.17) is 4.18 Å². The van der Waals surface area contributed by atoms with E-state index >= 15 is 0 Å². The fraction of sp³-hybridized carbons (Fsp3) is 0.529. The van der Waals surface area contributed by atoms with Crippen molar-refractivity contribution < 1.29 is 12.6 Å². The second-order valence-electron chi connectivity index (χ2n) is 6.38. The molecule has 2 bridgehead atoms. The Bertz CT molecular complexity index is 638. The number of hydrogen-bond acceptors (Lipinski definition) is 4. The highest BCUT2D eigenvalue weighted by Crippen LogP contribution is 2.37. The molecule has 0 aliphatic carbocycles. The molecule has 1 aromatic rings. The zero-order valence-corrected chi connectivity index (χ0v) is 13.8. The first-order valence-electron chi connectivity index (χ1n) is 7.82. The normalized spacial score (nSPS) is 31.1. The van der Waals surface area contributed by atoms with Gasteiger partial charge in [-0.05, 0) is 50.3 Å². The Morgan fingerprint density at radius 1 is 1.36 bits per heavy atom. The monoisotopic (exact) mass is 321 g/mol. The van der Waals surface area contributed by atoms with Crippen LogP contribution in [-0.4, -0.2) is 39.1 Å². The number of hydrogen-bond donors (Lipinski definition) is 0. The minimum absolute atomic E-state index is 0.204. The minimum Gasteiger partial charge on any atom is -0.297 e. The Balaban J connectivity index is 1.63. The molecule has 3 aliphatic rings. The highest BCUT2D eigenvalue weighted by atomic mass is 32.2. The van der Waals surface area contributed by atoms with Crippen molar-refractivity contribution in [3.05, 3.63) is 42.5 Å². The van der Waals surface area contributed by atoms with Crippen molar-refractivity contribution in [3.63, 3.8) is 0 Å². The van der Waals surface area contributed by atoms with Crippen LogP contribution >= 0.6 is 0 Å². The maximum Gasteiger partial charge on any atom is 0.297 e. The molecule has 0 aromatic heterocycles. The van der Waals surface area contributed by atoms with Crippen LogP contribution in [0, 0.1) is 18.8 Å². The third kappa shape index (κ3) is 3.12. The van der Waals surface area contributed by atoms with E-state index in [1.54, 1.807) is 24.3 Å². The van der Waals surface area contributed by atoms with Crippen LogP contribution in [0.4, 0.5) is 0 Å². The molecule has 0 saturated carbocycles. The van der Waals surface area contributed by atoms with Gasteiger partial charge in [-0.2, -0.15) is 8.42 Å². The quantitative estimate of drug-likeness (QED) is 0.618. The third-order valence-electron chi connectivity index (χ3n) is 4.96. The third-order valence-corrected chi connectivity index (χ3v) is 6.25. The number of rotatable bonds is 5. The van der Waals surface area contributed by atoms with Crippen molar-refractivity contribution in [2.45, 2.75) is 30.7 Å². The number of aryl methyl sites for hydroxylation is 1. The predicted molar refractivity (Wildman–Crippen MR) is 86.1 cm³/mol. The molecule has 0 radical (unpaired) electrons. The Hall–Kier alpha value is -1.17. The molecule has 22 heavy (non-hydrogen) atoms. The van der Waals surface area contributed by atoms with E-state index < -0.39 is 10.1 Å². The Kier molecular flexibility index (Phi) is 4.39. The summed E-state index contributed by atoms with van der Waals surface area (Å²) >= 11 is 0. The van der Waals surface area contributed by atoms with Gasteiger partial charge in [0, 0.05) is 12.6 Å².